The van der Waals surface area contributed by atoms with Gasteiger partial charge in [-0.15, -0.1) is 0 Å². The number of sulfonamides is 1. The molecule has 0 bridgehead atoms. The highest BCUT2D eigenvalue weighted by Gasteiger charge is 2.33. The van der Waals surface area contributed by atoms with E-state index < -0.39 is 14.9 Å². The van der Waals surface area contributed by atoms with Crippen LogP contribution in [0.25, 0.3) is 0 Å². The molecular weight excluding hydrogens is 282 g/mol. The molecule has 0 amide bonds. The van der Waals surface area contributed by atoms with Crippen molar-refractivity contribution in [3.8, 4) is 0 Å². The third-order valence-corrected chi connectivity index (χ3v) is 5.50. The molecule has 8 heteroatoms. The summed E-state index contributed by atoms with van der Waals surface area (Å²) in [5, 5.41) is 11.0. The average molecular weight is 299 g/mol. The van der Waals surface area contributed by atoms with Gasteiger partial charge in [0, 0.05) is 30.8 Å². The van der Waals surface area contributed by atoms with Crippen LogP contribution in [0.3, 0.4) is 0 Å². The molecule has 0 spiro atoms. The standard InChI is InChI=1S/C12H17N3O4S/c1-8-5-9(2)12(6-11(8)15(16)17)20(18,19)14-4-3-10(13)7-14/h5-6,10H,3-4,7,13H2,1-2H3/t10-/m1/s1. The van der Waals surface area contributed by atoms with E-state index in [1.54, 1.807) is 13.8 Å². The Morgan fingerprint density at radius 1 is 1.35 bits per heavy atom. The summed E-state index contributed by atoms with van der Waals surface area (Å²) in [5.41, 5.74) is 6.50. The van der Waals surface area contributed by atoms with E-state index in [9.17, 15) is 18.5 Å². The van der Waals surface area contributed by atoms with Gasteiger partial charge in [0.1, 0.15) is 0 Å². The van der Waals surface area contributed by atoms with Gasteiger partial charge in [-0.05, 0) is 31.9 Å². The lowest BCUT2D eigenvalue weighted by Crippen LogP contribution is -2.32. The number of benzene rings is 1. The number of rotatable bonds is 3. The number of hydrogen-bond acceptors (Lipinski definition) is 5. The molecule has 1 aliphatic heterocycles. The minimum Gasteiger partial charge on any atom is -0.326 e. The summed E-state index contributed by atoms with van der Waals surface area (Å²) >= 11 is 0. The van der Waals surface area contributed by atoms with Gasteiger partial charge in [-0.3, -0.25) is 10.1 Å². The number of hydrogen-bond donors (Lipinski definition) is 1. The van der Waals surface area contributed by atoms with E-state index in [1.807, 2.05) is 0 Å². The van der Waals surface area contributed by atoms with Gasteiger partial charge in [-0.1, -0.05) is 0 Å². The minimum absolute atomic E-state index is 0.0103. The first kappa shape index (κ1) is 14.9. The smallest absolute Gasteiger partial charge is 0.273 e. The molecule has 1 fully saturated rings. The zero-order chi connectivity index (χ0) is 15.1. The van der Waals surface area contributed by atoms with Gasteiger partial charge < -0.3 is 5.73 Å². The van der Waals surface area contributed by atoms with Gasteiger partial charge >= 0.3 is 0 Å². The Bertz CT molecular complexity index is 657. The molecule has 0 aromatic heterocycles. The van der Waals surface area contributed by atoms with Gasteiger partial charge in [0.2, 0.25) is 10.0 Å². The Labute approximate surface area is 117 Å². The fraction of sp³-hybridized carbons (Fsp3) is 0.500. The third kappa shape index (κ3) is 2.54. The maximum atomic E-state index is 12.5. The highest BCUT2D eigenvalue weighted by Crippen LogP contribution is 2.29. The lowest BCUT2D eigenvalue weighted by atomic mass is 10.1. The average Bonchev–Trinajstić information content (AvgIpc) is 2.75. The zero-order valence-electron chi connectivity index (χ0n) is 11.4. The highest BCUT2D eigenvalue weighted by molar-refractivity contribution is 7.89. The summed E-state index contributed by atoms with van der Waals surface area (Å²) in [5.74, 6) is 0. The minimum atomic E-state index is -3.73. The number of nitro benzene ring substituents is 1. The van der Waals surface area contributed by atoms with E-state index in [1.165, 1.54) is 10.4 Å². The van der Waals surface area contributed by atoms with Gasteiger partial charge in [-0.2, -0.15) is 4.31 Å². The first-order valence-electron chi connectivity index (χ1n) is 6.25. The van der Waals surface area contributed by atoms with Crippen LogP contribution < -0.4 is 5.73 Å². The van der Waals surface area contributed by atoms with Crippen molar-refractivity contribution < 1.29 is 13.3 Å². The number of nitro groups is 1. The van der Waals surface area contributed by atoms with E-state index in [0.717, 1.165) is 6.07 Å². The largest absolute Gasteiger partial charge is 0.326 e. The predicted molar refractivity (Wildman–Crippen MR) is 73.9 cm³/mol. The summed E-state index contributed by atoms with van der Waals surface area (Å²) < 4.78 is 26.4. The molecule has 2 N–H and O–H groups in total. The van der Waals surface area contributed by atoms with Crippen molar-refractivity contribution >= 4 is 15.7 Å². The summed E-state index contributed by atoms with van der Waals surface area (Å²) in [6, 6.07) is 2.50. The van der Waals surface area contributed by atoms with Crippen LogP contribution in [0.5, 0.6) is 0 Å². The molecule has 1 saturated heterocycles. The van der Waals surface area contributed by atoms with E-state index in [-0.39, 0.29) is 23.2 Å². The molecule has 110 valence electrons. The maximum Gasteiger partial charge on any atom is 0.273 e. The monoisotopic (exact) mass is 299 g/mol. The number of aryl methyl sites for hydroxylation is 2. The van der Waals surface area contributed by atoms with Crippen molar-refractivity contribution in [3.63, 3.8) is 0 Å². The fourth-order valence-corrected chi connectivity index (χ4v) is 4.15. The van der Waals surface area contributed by atoms with Crippen LogP contribution >= 0.6 is 0 Å². The van der Waals surface area contributed by atoms with Crippen molar-refractivity contribution in [1.29, 1.82) is 0 Å². The van der Waals surface area contributed by atoms with Crippen molar-refractivity contribution in [3.05, 3.63) is 33.4 Å². The number of nitrogens with two attached hydrogens (primary N) is 1. The van der Waals surface area contributed by atoms with Crippen LogP contribution in [0.4, 0.5) is 5.69 Å². The molecular formula is C12H17N3O4S. The van der Waals surface area contributed by atoms with Crippen molar-refractivity contribution in [2.75, 3.05) is 13.1 Å². The molecule has 0 radical (unpaired) electrons. The van der Waals surface area contributed by atoms with Crippen molar-refractivity contribution in [1.82, 2.24) is 4.31 Å². The molecule has 1 aromatic carbocycles. The normalized spacial score (nSPS) is 20.2. The lowest BCUT2D eigenvalue weighted by Gasteiger charge is -2.17. The van der Waals surface area contributed by atoms with Crippen LogP contribution in [0, 0.1) is 24.0 Å². The van der Waals surface area contributed by atoms with Crippen molar-refractivity contribution in [2.24, 2.45) is 5.73 Å². The van der Waals surface area contributed by atoms with E-state index >= 15 is 0 Å². The van der Waals surface area contributed by atoms with Crippen LogP contribution in [0.1, 0.15) is 17.5 Å². The molecule has 1 heterocycles. The second-order valence-corrected chi connectivity index (χ2v) is 6.98. The molecule has 0 unspecified atom stereocenters. The molecule has 1 aliphatic rings. The van der Waals surface area contributed by atoms with E-state index in [4.69, 9.17) is 5.73 Å². The Morgan fingerprint density at radius 3 is 2.50 bits per heavy atom. The first-order valence-corrected chi connectivity index (χ1v) is 7.69. The number of nitrogens with zero attached hydrogens (tertiary/aromatic N) is 2. The van der Waals surface area contributed by atoms with Crippen LogP contribution in [0.15, 0.2) is 17.0 Å². The molecule has 20 heavy (non-hydrogen) atoms. The Kier molecular flexibility index (Phi) is 3.81. The lowest BCUT2D eigenvalue weighted by molar-refractivity contribution is -0.385. The summed E-state index contributed by atoms with van der Waals surface area (Å²) in [4.78, 5) is 10.4. The zero-order valence-corrected chi connectivity index (χ0v) is 12.2. The molecule has 1 aromatic rings. The second kappa shape index (κ2) is 5.12. The van der Waals surface area contributed by atoms with Gasteiger partial charge in [0.05, 0.1) is 9.82 Å². The van der Waals surface area contributed by atoms with Gasteiger partial charge in [0.25, 0.3) is 5.69 Å². The summed E-state index contributed by atoms with van der Waals surface area (Å²) in [6.45, 7) is 3.83. The third-order valence-electron chi connectivity index (χ3n) is 3.50. The Balaban J connectivity index is 2.51. The quantitative estimate of drug-likeness (QED) is 0.660. The van der Waals surface area contributed by atoms with Crippen LogP contribution in [0.2, 0.25) is 0 Å². The maximum absolute atomic E-state index is 12.5. The van der Waals surface area contributed by atoms with Crippen molar-refractivity contribution in [2.45, 2.75) is 31.2 Å². The molecule has 0 aliphatic carbocycles. The highest BCUT2D eigenvalue weighted by atomic mass is 32.2. The molecule has 1 atom stereocenters. The molecule has 0 saturated carbocycles. The van der Waals surface area contributed by atoms with Gasteiger partial charge in [-0.25, -0.2) is 8.42 Å². The van der Waals surface area contributed by atoms with E-state index in [2.05, 4.69) is 0 Å². The van der Waals surface area contributed by atoms with Gasteiger partial charge in [0.15, 0.2) is 0 Å². The van der Waals surface area contributed by atoms with Crippen LogP contribution in [-0.4, -0.2) is 36.8 Å². The fourth-order valence-electron chi connectivity index (χ4n) is 2.41. The SMILES string of the molecule is Cc1cc(C)c(S(=O)(=O)N2CC[C@@H](N)C2)cc1[N+](=O)[O-]. The molecule has 2 rings (SSSR count). The summed E-state index contributed by atoms with van der Waals surface area (Å²) in [7, 11) is -3.73. The first-order chi connectivity index (χ1) is 9.23. The topological polar surface area (TPSA) is 107 Å². The van der Waals surface area contributed by atoms with Crippen LogP contribution in [-0.2, 0) is 10.0 Å². The van der Waals surface area contributed by atoms with E-state index in [0.29, 0.717) is 24.1 Å². The second-order valence-electron chi connectivity index (χ2n) is 5.07. The Hall–Kier alpha value is -1.51. The summed E-state index contributed by atoms with van der Waals surface area (Å²) in [6.07, 6.45) is 0.603. The molecule has 7 nitrogen and oxygen atoms in total. The Morgan fingerprint density at radius 2 is 2.00 bits per heavy atom. The predicted octanol–water partition coefficient (Wildman–Crippen LogP) is 0.933.